The lowest BCUT2D eigenvalue weighted by Gasteiger charge is -2.07. The fourth-order valence-corrected chi connectivity index (χ4v) is 2.80. The summed E-state index contributed by atoms with van der Waals surface area (Å²) in [6.07, 6.45) is 12.5. The monoisotopic (exact) mass is 300 g/mol. The summed E-state index contributed by atoms with van der Waals surface area (Å²) in [4.78, 5) is 0. The lowest BCUT2D eigenvalue weighted by atomic mass is 10.0. The molecule has 21 heavy (non-hydrogen) atoms. The second-order valence-corrected chi connectivity index (χ2v) is 6.42. The van der Waals surface area contributed by atoms with Crippen LogP contribution in [0.25, 0.3) is 0 Å². The number of rotatable bonds is 14. The van der Waals surface area contributed by atoms with E-state index in [2.05, 4.69) is 6.92 Å². The SMILES string of the molecule is CCCCCCCCCCCC(O)C1OC1COC1CO1. The summed E-state index contributed by atoms with van der Waals surface area (Å²) in [5, 5.41) is 10.0. The maximum atomic E-state index is 10.0. The minimum atomic E-state index is -0.316. The van der Waals surface area contributed by atoms with Crippen LogP contribution in [0.4, 0.5) is 0 Å². The predicted molar refractivity (Wildman–Crippen MR) is 82.2 cm³/mol. The third kappa shape index (κ3) is 7.59. The molecule has 0 aromatic carbocycles. The molecule has 2 rings (SSSR count). The summed E-state index contributed by atoms with van der Waals surface area (Å²) < 4.78 is 15.8. The van der Waals surface area contributed by atoms with Crippen molar-refractivity contribution in [2.45, 2.75) is 95.7 Å². The van der Waals surface area contributed by atoms with Crippen molar-refractivity contribution in [2.75, 3.05) is 13.2 Å². The van der Waals surface area contributed by atoms with Crippen LogP contribution in [0.1, 0.15) is 71.1 Å². The van der Waals surface area contributed by atoms with Crippen molar-refractivity contribution in [2.24, 2.45) is 0 Å². The zero-order valence-corrected chi connectivity index (χ0v) is 13.5. The molecule has 4 atom stereocenters. The molecule has 0 aromatic rings. The van der Waals surface area contributed by atoms with Crippen LogP contribution in [0.3, 0.4) is 0 Å². The van der Waals surface area contributed by atoms with Gasteiger partial charge in [-0.1, -0.05) is 64.7 Å². The van der Waals surface area contributed by atoms with Crippen molar-refractivity contribution in [3.8, 4) is 0 Å². The smallest absolute Gasteiger partial charge is 0.181 e. The van der Waals surface area contributed by atoms with Gasteiger partial charge in [0.25, 0.3) is 0 Å². The predicted octanol–water partition coefficient (Wildman–Crippen LogP) is 3.41. The van der Waals surface area contributed by atoms with Crippen LogP contribution in [0, 0.1) is 0 Å². The van der Waals surface area contributed by atoms with E-state index < -0.39 is 0 Å². The van der Waals surface area contributed by atoms with Gasteiger partial charge < -0.3 is 19.3 Å². The van der Waals surface area contributed by atoms with Crippen LogP contribution in [0.5, 0.6) is 0 Å². The third-order valence-electron chi connectivity index (χ3n) is 4.35. The van der Waals surface area contributed by atoms with Gasteiger partial charge in [0.1, 0.15) is 18.8 Å². The van der Waals surface area contributed by atoms with Crippen molar-refractivity contribution in [1.29, 1.82) is 0 Å². The molecule has 4 nitrogen and oxygen atoms in total. The zero-order valence-electron chi connectivity index (χ0n) is 13.5. The van der Waals surface area contributed by atoms with Gasteiger partial charge in [-0.25, -0.2) is 0 Å². The Morgan fingerprint density at radius 1 is 1.05 bits per heavy atom. The molecule has 0 aliphatic carbocycles. The first-order valence-electron chi connectivity index (χ1n) is 8.88. The number of ether oxygens (including phenoxy) is 3. The van der Waals surface area contributed by atoms with Crippen LogP contribution in [0.2, 0.25) is 0 Å². The average Bonchev–Trinajstić information content (AvgIpc) is 3.37. The molecule has 2 heterocycles. The Kier molecular flexibility index (Phi) is 8.01. The molecule has 0 aromatic heterocycles. The summed E-state index contributed by atoms with van der Waals surface area (Å²) in [6.45, 7) is 3.52. The summed E-state index contributed by atoms with van der Waals surface area (Å²) in [5.41, 5.74) is 0. The van der Waals surface area contributed by atoms with Gasteiger partial charge >= 0.3 is 0 Å². The van der Waals surface area contributed by atoms with E-state index in [9.17, 15) is 5.11 Å². The van der Waals surface area contributed by atoms with E-state index >= 15 is 0 Å². The maximum Gasteiger partial charge on any atom is 0.181 e. The van der Waals surface area contributed by atoms with Crippen molar-refractivity contribution in [1.82, 2.24) is 0 Å². The highest BCUT2D eigenvalue weighted by atomic mass is 16.8. The van der Waals surface area contributed by atoms with Crippen LogP contribution in [-0.2, 0) is 14.2 Å². The molecule has 0 radical (unpaired) electrons. The molecular formula is C17H32O4. The fourth-order valence-electron chi connectivity index (χ4n) is 2.80. The third-order valence-corrected chi connectivity index (χ3v) is 4.35. The van der Waals surface area contributed by atoms with Crippen LogP contribution >= 0.6 is 0 Å². The van der Waals surface area contributed by atoms with E-state index in [1.807, 2.05) is 0 Å². The maximum absolute atomic E-state index is 10.0. The molecule has 2 fully saturated rings. The topological polar surface area (TPSA) is 54.5 Å². The van der Waals surface area contributed by atoms with Crippen LogP contribution in [0.15, 0.2) is 0 Å². The number of hydrogen-bond donors (Lipinski definition) is 1. The largest absolute Gasteiger partial charge is 0.390 e. The highest BCUT2D eigenvalue weighted by Gasteiger charge is 2.45. The minimum Gasteiger partial charge on any atom is -0.390 e. The Balaban J connectivity index is 1.34. The molecule has 1 N–H and O–H groups in total. The molecule has 124 valence electrons. The highest BCUT2D eigenvalue weighted by Crippen LogP contribution is 2.29. The van der Waals surface area contributed by atoms with Gasteiger partial charge in [0.2, 0.25) is 0 Å². The fraction of sp³-hybridized carbons (Fsp3) is 1.00. The molecule has 0 saturated carbocycles. The lowest BCUT2D eigenvalue weighted by molar-refractivity contribution is 0.0405. The van der Waals surface area contributed by atoms with Crippen molar-refractivity contribution >= 4 is 0 Å². The second-order valence-electron chi connectivity index (χ2n) is 6.42. The summed E-state index contributed by atoms with van der Waals surface area (Å²) >= 11 is 0. The van der Waals surface area contributed by atoms with Gasteiger partial charge in [-0.15, -0.1) is 0 Å². The Bertz CT molecular complexity index is 268. The second kappa shape index (κ2) is 9.78. The highest BCUT2D eigenvalue weighted by molar-refractivity contribution is 4.90. The van der Waals surface area contributed by atoms with E-state index in [1.54, 1.807) is 0 Å². The Hall–Kier alpha value is -0.160. The van der Waals surface area contributed by atoms with Gasteiger partial charge in [0.15, 0.2) is 6.29 Å². The van der Waals surface area contributed by atoms with Crippen molar-refractivity contribution in [3.05, 3.63) is 0 Å². The number of hydrogen-bond acceptors (Lipinski definition) is 4. The van der Waals surface area contributed by atoms with E-state index in [4.69, 9.17) is 14.2 Å². The lowest BCUT2D eigenvalue weighted by Crippen LogP contribution is -2.19. The number of aliphatic hydroxyl groups excluding tert-OH is 1. The molecular weight excluding hydrogens is 268 g/mol. The van der Waals surface area contributed by atoms with Gasteiger partial charge in [0, 0.05) is 0 Å². The van der Waals surface area contributed by atoms with Crippen LogP contribution in [-0.4, -0.2) is 42.9 Å². The molecule has 4 unspecified atom stereocenters. The first-order valence-corrected chi connectivity index (χ1v) is 8.88. The Morgan fingerprint density at radius 3 is 2.29 bits per heavy atom. The van der Waals surface area contributed by atoms with E-state index in [0.29, 0.717) is 13.2 Å². The van der Waals surface area contributed by atoms with E-state index in [1.165, 1.54) is 51.4 Å². The van der Waals surface area contributed by atoms with Gasteiger partial charge in [0.05, 0.1) is 12.7 Å². The molecule has 0 amide bonds. The van der Waals surface area contributed by atoms with Gasteiger partial charge in [-0.05, 0) is 6.42 Å². The molecule has 4 heteroatoms. The quantitative estimate of drug-likeness (QED) is 0.394. The summed E-state index contributed by atoms with van der Waals surface area (Å²) in [6, 6.07) is 0. The molecule has 2 aliphatic rings. The number of epoxide rings is 2. The Morgan fingerprint density at radius 2 is 1.67 bits per heavy atom. The molecule has 0 bridgehead atoms. The van der Waals surface area contributed by atoms with Crippen LogP contribution < -0.4 is 0 Å². The van der Waals surface area contributed by atoms with E-state index in [-0.39, 0.29) is 24.6 Å². The Labute approximate surface area is 129 Å². The summed E-state index contributed by atoms with van der Waals surface area (Å²) in [7, 11) is 0. The average molecular weight is 300 g/mol. The molecule has 2 saturated heterocycles. The number of unbranched alkanes of at least 4 members (excludes halogenated alkanes) is 8. The van der Waals surface area contributed by atoms with Gasteiger partial charge in [-0.2, -0.15) is 0 Å². The van der Waals surface area contributed by atoms with Gasteiger partial charge in [-0.3, -0.25) is 0 Å². The standard InChI is InChI=1S/C17H32O4/c1-2-3-4-5-6-7-8-9-10-11-14(18)17-15(21-17)12-19-16-13-20-16/h14-18H,2-13H2,1H3. The van der Waals surface area contributed by atoms with E-state index in [0.717, 1.165) is 12.8 Å². The molecule has 0 spiro atoms. The van der Waals surface area contributed by atoms with Crippen molar-refractivity contribution < 1.29 is 19.3 Å². The number of aliphatic hydroxyl groups is 1. The minimum absolute atomic E-state index is 0.00204. The zero-order chi connectivity index (χ0) is 14.9. The normalized spacial score (nSPS) is 28.6. The summed E-state index contributed by atoms with van der Waals surface area (Å²) in [5.74, 6) is 0. The first-order chi connectivity index (χ1) is 10.3. The first kappa shape index (κ1) is 17.2. The van der Waals surface area contributed by atoms with Crippen molar-refractivity contribution in [3.63, 3.8) is 0 Å². The molecule has 2 aliphatic heterocycles.